The Morgan fingerprint density at radius 3 is 2.24 bits per heavy atom. The zero-order chi connectivity index (χ0) is 25.4. The van der Waals surface area contributed by atoms with Crippen molar-refractivity contribution in [2.45, 2.75) is 46.1 Å². The first-order valence-electron chi connectivity index (χ1n) is 11.6. The lowest BCUT2D eigenvalue weighted by Crippen LogP contribution is -2.35. The highest BCUT2D eigenvalue weighted by molar-refractivity contribution is 6.46. The minimum Gasteiger partial charge on any atom is -0.507 e. The van der Waals surface area contributed by atoms with E-state index in [0.29, 0.717) is 24.4 Å². The van der Waals surface area contributed by atoms with E-state index in [1.165, 1.54) is 7.11 Å². The number of aliphatic hydroxyl groups is 1. The van der Waals surface area contributed by atoms with Gasteiger partial charge < -0.3 is 19.6 Å². The fourth-order valence-corrected chi connectivity index (χ4v) is 4.48. The first kappa shape index (κ1) is 25.5. The van der Waals surface area contributed by atoms with Crippen molar-refractivity contribution in [1.82, 2.24) is 9.80 Å². The van der Waals surface area contributed by atoms with Crippen LogP contribution >= 0.6 is 0 Å². The van der Waals surface area contributed by atoms with Gasteiger partial charge in [0.2, 0.25) is 0 Å². The zero-order valence-corrected chi connectivity index (χ0v) is 21.5. The number of amides is 1. The summed E-state index contributed by atoms with van der Waals surface area (Å²) >= 11 is 0. The molecule has 1 atom stereocenters. The summed E-state index contributed by atoms with van der Waals surface area (Å²) in [6.45, 7) is 11.2. The smallest absolute Gasteiger partial charge is 0.295 e. The van der Waals surface area contributed by atoms with E-state index in [0.717, 1.165) is 22.3 Å². The van der Waals surface area contributed by atoms with Crippen molar-refractivity contribution < 1.29 is 19.4 Å². The van der Waals surface area contributed by atoms with Gasteiger partial charge in [0.1, 0.15) is 11.5 Å². The average Bonchev–Trinajstić information content (AvgIpc) is 3.01. The minimum atomic E-state index is -0.681. The third-order valence-electron chi connectivity index (χ3n) is 6.30. The second-order valence-electron chi connectivity index (χ2n) is 10.3. The molecule has 182 valence electrons. The molecule has 1 heterocycles. The topological polar surface area (TPSA) is 70.1 Å². The molecule has 1 fully saturated rings. The van der Waals surface area contributed by atoms with Gasteiger partial charge in [-0.2, -0.15) is 0 Å². The van der Waals surface area contributed by atoms with Crippen LogP contribution in [0.3, 0.4) is 0 Å². The van der Waals surface area contributed by atoms with Crippen LogP contribution < -0.4 is 4.74 Å². The lowest BCUT2D eigenvalue weighted by Gasteiger charge is -2.27. The van der Waals surface area contributed by atoms with E-state index >= 15 is 0 Å². The fraction of sp³-hybridized carbons (Fsp3) is 0.429. The molecule has 1 N–H and O–H groups in total. The maximum Gasteiger partial charge on any atom is 0.295 e. The first-order valence-corrected chi connectivity index (χ1v) is 11.6. The van der Waals surface area contributed by atoms with Gasteiger partial charge in [0.15, 0.2) is 0 Å². The van der Waals surface area contributed by atoms with E-state index < -0.39 is 17.7 Å². The number of methoxy groups -OCH3 is 1. The van der Waals surface area contributed by atoms with Gasteiger partial charge in [-0.1, -0.05) is 51.1 Å². The van der Waals surface area contributed by atoms with Crippen molar-refractivity contribution in [2.75, 3.05) is 34.3 Å². The second kappa shape index (κ2) is 9.63. The Morgan fingerprint density at radius 2 is 1.71 bits per heavy atom. The van der Waals surface area contributed by atoms with Gasteiger partial charge in [-0.3, -0.25) is 9.59 Å². The quantitative estimate of drug-likeness (QED) is 0.385. The van der Waals surface area contributed by atoms with Gasteiger partial charge in [0.25, 0.3) is 11.7 Å². The number of carbonyl (C=O) groups excluding carboxylic acids is 2. The Labute approximate surface area is 202 Å². The van der Waals surface area contributed by atoms with Crippen LogP contribution in [0.1, 0.15) is 54.6 Å². The van der Waals surface area contributed by atoms with Crippen LogP contribution in [0.2, 0.25) is 0 Å². The van der Waals surface area contributed by atoms with E-state index in [2.05, 4.69) is 20.8 Å². The van der Waals surface area contributed by atoms with Crippen molar-refractivity contribution in [1.29, 1.82) is 0 Å². The molecule has 6 heteroatoms. The number of nitrogens with zero attached hydrogens (tertiary/aromatic N) is 2. The average molecular weight is 465 g/mol. The van der Waals surface area contributed by atoms with Crippen LogP contribution in [-0.4, -0.2) is 60.9 Å². The number of benzene rings is 2. The molecule has 34 heavy (non-hydrogen) atoms. The molecular formula is C28H36N2O4. The molecule has 0 aromatic heterocycles. The highest BCUT2D eigenvalue weighted by Gasteiger charge is 2.46. The van der Waals surface area contributed by atoms with E-state index in [9.17, 15) is 14.7 Å². The highest BCUT2D eigenvalue weighted by atomic mass is 16.5. The number of Topliss-reactive ketones (excluding diaryl/α,β-unsaturated/α-hetero) is 1. The Bertz CT molecular complexity index is 1120. The zero-order valence-electron chi connectivity index (χ0n) is 21.5. The van der Waals surface area contributed by atoms with Crippen LogP contribution in [0.4, 0.5) is 0 Å². The molecule has 1 unspecified atom stereocenters. The highest BCUT2D eigenvalue weighted by Crippen LogP contribution is 2.42. The molecule has 0 aliphatic carbocycles. The molecule has 0 saturated carbocycles. The van der Waals surface area contributed by atoms with E-state index in [1.54, 1.807) is 11.0 Å². The van der Waals surface area contributed by atoms with Crippen LogP contribution in [0.5, 0.6) is 5.75 Å². The van der Waals surface area contributed by atoms with E-state index in [-0.39, 0.29) is 16.7 Å². The minimum absolute atomic E-state index is 0.0300. The summed E-state index contributed by atoms with van der Waals surface area (Å²) in [6, 6.07) is 11.0. The van der Waals surface area contributed by atoms with Gasteiger partial charge in [0.05, 0.1) is 24.3 Å². The number of aliphatic hydroxyl groups excluding tert-OH is 1. The van der Waals surface area contributed by atoms with Gasteiger partial charge in [-0.05, 0) is 61.7 Å². The third kappa shape index (κ3) is 4.87. The molecule has 1 saturated heterocycles. The lowest BCUT2D eigenvalue weighted by atomic mass is 9.85. The molecule has 2 aromatic carbocycles. The molecule has 1 amide bonds. The van der Waals surface area contributed by atoms with E-state index in [4.69, 9.17) is 4.74 Å². The Kier molecular flexibility index (Phi) is 7.22. The van der Waals surface area contributed by atoms with Crippen molar-refractivity contribution in [3.05, 3.63) is 69.8 Å². The Morgan fingerprint density at radius 1 is 1.09 bits per heavy atom. The number of rotatable bonds is 6. The van der Waals surface area contributed by atoms with Gasteiger partial charge in [-0.25, -0.2) is 0 Å². The maximum atomic E-state index is 13.3. The summed E-state index contributed by atoms with van der Waals surface area (Å²) in [4.78, 5) is 30.0. The van der Waals surface area contributed by atoms with Crippen LogP contribution in [0, 0.1) is 13.8 Å². The number of ketones is 1. The number of likely N-dealkylation sites (N-methyl/N-ethyl adjacent to an activating group) is 1. The summed E-state index contributed by atoms with van der Waals surface area (Å²) in [7, 11) is 5.38. The number of likely N-dealkylation sites (tertiary alicyclic amines) is 1. The largest absolute Gasteiger partial charge is 0.507 e. The number of hydrogen-bond donors (Lipinski definition) is 1. The lowest BCUT2D eigenvalue weighted by molar-refractivity contribution is -0.140. The summed E-state index contributed by atoms with van der Waals surface area (Å²) in [5.41, 5.74) is 4.19. The molecular weight excluding hydrogens is 428 g/mol. The van der Waals surface area contributed by atoms with Crippen molar-refractivity contribution in [3.8, 4) is 5.75 Å². The number of hydrogen-bond acceptors (Lipinski definition) is 5. The normalized spacial score (nSPS) is 18.1. The Balaban J connectivity index is 2.23. The first-order chi connectivity index (χ1) is 15.9. The summed E-state index contributed by atoms with van der Waals surface area (Å²) in [5, 5.41) is 11.5. The SMILES string of the molecule is COc1c(C)cc(C)cc1/C(O)=C1\C(=O)C(=O)N(CCN(C)C)C1c1ccc(C(C)(C)C)cc1. The monoisotopic (exact) mass is 464 g/mol. The molecule has 0 spiro atoms. The predicted molar refractivity (Wildman–Crippen MR) is 135 cm³/mol. The van der Waals surface area contributed by atoms with Crippen molar-refractivity contribution >= 4 is 17.4 Å². The fourth-order valence-electron chi connectivity index (χ4n) is 4.48. The van der Waals surface area contributed by atoms with Gasteiger partial charge >= 0.3 is 0 Å². The van der Waals surface area contributed by atoms with Gasteiger partial charge in [-0.15, -0.1) is 0 Å². The number of carbonyl (C=O) groups is 2. The van der Waals surface area contributed by atoms with E-state index in [1.807, 2.05) is 63.2 Å². The van der Waals surface area contributed by atoms with Crippen molar-refractivity contribution in [2.24, 2.45) is 0 Å². The molecule has 1 aliphatic heterocycles. The molecule has 6 nitrogen and oxygen atoms in total. The van der Waals surface area contributed by atoms with Crippen LogP contribution in [-0.2, 0) is 15.0 Å². The summed E-state index contributed by atoms with van der Waals surface area (Å²) < 4.78 is 5.56. The predicted octanol–water partition coefficient (Wildman–Crippen LogP) is 4.59. The standard InChI is InChI=1S/C28H36N2O4/c1-17-15-18(2)26(34-8)21(16-17)24(31)22-23(19-9-11-20(12-10-19)28(3,4)5)30(14-13-29(6)7)27(33)25(22)32/h9-12,15-16,23,31H,13-14H2,1-8H3/b24-22+. The second-order valence-corrected chi connectivity index (χ2v) is 10.3. The van der Waals surface area contributed by atoms with Crippen molar-refractivity contribution in [3.63, 3.8) is 0 Å². The van der Waals surface area contributed by atoms with Crippen LogP contribution in [0.15, 0.2) is 42.0 Å². The number of aryl methyl sites for hydroxylation is 2. The Hall–Kier alpha value is -3.12. The molecule has 3 rings (SSSR count). The summed E-state index contributed by atoms with van der Waals surface area (Å²) in [5.74, 6) is -0.998. The number of ether oxygens (including phenoxy) is 1. The van der Waals surface area contributed by atoms with Crippen LogP contribution in [0.25, 0.3) is 5.76 Å². The maximum absolute atomic E-state index is 13.3. The third-order valence-corrected chi connectivity index (χ3v) is 6.30. The summed E-state index contributed by atoms with van der Waals surface area (Å²) in [6.07, 6.45) is 0. The molecule has 2 aromatic rings. The van der Waals surface area contributed by atoms with Gasteiger partial charge in [0, 0.05) is 13.1 Å². The molecule has 0 bridgehead atoms. The molecule has 1 aliphatic rings. The molecule has 0 radical (unpaired) electrons.